The van der Waals surface area contributed by atoms with Gasteiger partial charge in [-0.15, -0.1) is 0 Å². The average Bonchev–Trinajstić information content (AvgIpc) is 3.80. The predicted octanol–water partition coefficient (Wildman–Crippen LogP) is 11.7. The minimum absolute atomic E-state index is 0.923. The quantitative estimate of drug-likeness (QED) is 0.198. The summed E-state index contributed by atoms with van der Waals surface area (Å²) in [6, 6.07) is 17.9. The van der Waals surface area contributed by atoms with Gasteiger partial charge in [-0.1, -0.05) is 85.7 Å². The van der Waals surface area contributed by atoms with Crippen molar-refractivity contribution in [2.45, 2.75) is 107 Å². The highest BCUT2D eigenvalue weighted by Crippen LogP contribution is 2.45. The Hall–Kier alpha value is -4.18. The van der Waals surface area contributed by atoms with Gasteiger partial charge >= 0.3 is 0 Å². The van der Waals surface area contributed by atoms with Gasteiger partial charge in [0.1, 0.15) is 0 Å². The van der Waals surface area contributed by atoms with E-state index < -0.39 is 0 Å². The molecule has 3 aromatic heterocycles. The van der Waals surface area contributed by atoms with Gasteiger partial charge in [-0.3, -0.25) is 0 Å². The van der Waals surface area contributed by atoms with Crippen molar-refractivity contribution in [3.63, 3.8) is 0 Å². The van der Waals surface area contributed by atoms with Crippen LogP contribution < -0.4 is 0 Å². The largest absolute Gasteiger partial charge is 0.355 e. The van der Waals surface area contributed by atoms with E-state index in [4.69, 9.17) is 9.97 Å². The lowest BCUT2D eigenvalue weighted by atomic mass is 9.90. The summed E-state index contributed by atoms with van der Waals surface area (Å²) in [7, 11) is 0. The van der Waals surface area contributed by atoms with Gasteiger partial charge in [-0.25, -0.2) is 9.97 Å². The SMILES string of the molecule is CCC1=C(CC)c2nc1cc1[nH]c(cc3[nH]c(cc4nc(c2-c2ccccc2)C(CC)=C4CC)c(CC)c3CC)c(CC)c1CC. The Bertz CT molecular complexity index is 1890. The highest BCUT2D eigenvalue weighted by molar-refractivity contribution is 6.03. The third kappa shape index (κ3) is 5.16. The van der Waals surface area contributed by atoms with Gasteiger partial charge in [-0.05, 0) is 120 Å². The number of hydrogen-bond acceptors (Lipinski definition) is 2. The van der Waals surface area contributed by atoms with Crippen molar-refractivity contribution in [2.75, 3.05) is 0 Å². The first-order chi connectivity index (χ1) is 22.5. The molecule has 4 heteroatoms. The van der Waals surface area contributed by atoms with E-state index in [1.807, 2.05) is 0 Å². The van der Waals surface area contributed by atoms with Gasteiger partial charge in [0.25, 0.3) is 0 Å². The Kier molecular flexibility index (Phi) is 9.18. The Morgan fingerprint density at radius 1 is 0.435 bits per heavy atom. The topological polar surface area (TPSA) is 57.4 Å². The van der Waals surface area contributed by atoms with Crippen LogP contribution in [0.3, 0.4) is 0 Å². The molecule has 2 N–H and O–H groups in total. The Balaban J connectivity index is 1.93. The lowest BCUT2D eigenvalue weighted by Gasteiger charge is -2.12. The van der Waals surface area contributed by atoms with Crippen LogP contribution >= 0.6 is 0 Å². The van der Waals surface area contributed by atoms with Crippen LogP contribution in [0.15, 0.2) is 48.5 Å². The van der Waals surface area contributed by atoms with E-state index >= 15 is 0 Å². The van der Waals surface area contributed by atoms with Crippen LogP contribution in [-0.4, -0.2) is 19.9 Å². The summed E-state index contributed by atoms with van der Waals surface area (Å²) in [5.41, 5.74) is 22.4. The van der Waals surface area contributed by atoms with Gasteiger partial charge < -0.3 is 9.97 Å². The molecule has 4 nitrogen and oxygen atoms in total. The smallest absolute Gasteiger partial charge is 0.0772 e. The highest BCUT2D eigenvalue weighted by Gasteiger charge is 2.28. The summed E-state index contributed by atoms with van der Waals surface area (Å²) in [6.45, 7) is 18.2. The minimum atomic E-state index is 0.923. The summed E-state index contributed by atoms with van der Waals surface area (Å²) in [4.78, 5) is 18.9. The molecule has 1 aromatic carbocycles. The van der Waals surface area contributed by atoms with Crippen LogP contribution in [0.5, 0.6) is 0 Å². The summed E-state index contributed by atoms with van der Waals surface area (Å²) >= 11 is 0. The zero-order valence-corrected chi connectivity index (χ0v) is 29.2. The number of aromatic amines is 2. The lowest BCUT2D eigenvalue weighted by Crippen LogP contribution is -1.95. The number of H-pyrrole nitrogens is 2. The molecule has 46 heavy (non-hydrogen) atoms. The van der Waals surface area contributed by atoms with E-state index in [9.17, 15) is 0 Å². The molecule has 2 aliphatic heterocycles. The van der Waals surface area contributed by atoms with E-state index in [1.54, 1.807) is 0 Å². The second-order valence-electron chi connectivity index (χ2n) is 12.4. The molecule has 0 radical (unpaired) electrons. The fraction of sp³-hybridized carbons (Fsp3) is 0.381. The average molecular weight is 611 g/mol. The van der Waals surface area contributed by atoms with Crippen LogP contribution in [0, 0.1) is 0 Å². The van der Waals surface area contributed by atoms with Crippen LogP contribution in [0.1, 0.15) is 126 Å². The normalized spacial score (nSPS) is 13.3. The molecule has 0 saturated carbocycles. The number of aromatic nitrogens is 4. The molecule has 4 aromatic rings. The number of fused-ring (bicyclic) bond motifs is 8. The third-order valence-corrected chi connectivity index (χ3v) is 10.2. The number of benzene rings is 1. The van der Waals surface area contributed by atoms with Crippen molar-refractivity contribution >= 4 is 44.4 Å². The fourth-order valence-electron chi connectivity index (χ4n) is 8.07. The number of allylic oxidation sites excluding steroid dienone is 4. The third-order valence-electron chi connectivity index (χ3n) is 10.2. The van der Waals surface area contributed by atoms with Gasteiger partial charge in [-0.2, -0.15) is 0 Å². The van der Waals surface area contributed by atoms with E-state index in [-0.39, 0.29) is 0 Å². The molecule has 238 valence electrons. The van der Waals surface area contributed by atoms with Crippen molar-refractivity contribution < 1.29 is 0 Å². The summed E-state index contributed by atoms with van der Waals surface area (Å²) in [5, 5.41) is 0. The number of nitrogens with zero attached hydrogens (tertiary/aromatic N) is 2. The molecular weight excluding hydrogens is 560 g/mol. The van der Waals surface area contributed by atoms with Crippen LogP contribution in [0.4, 0.5) is 0 Å². The van der Waals surface area contributed by atoms with Crippen molar-refractivity contribution in [3.05, 3.63) is 93.6 Å². The fourth-order valence-corrected chi connectivity index (χ4v) is 8.07. The summed E-state index contributed by atoms with van der Waals surface area (Å²) < 4.78 is 0. The second-order valence-corrected chi connectivity index (χ2v) is 12.4. The van der Waals surface area contributed by atoms with Crippen LogP contribution in [0.2, 0.25) is 0 Å². The van der Waals surface area contributed by atoms with Crippen molar-refractivity contribution in [1.29, 1.82) is 0 Å². The molecule has 0 spiro atoms. The molecule has 0 saturated heterocycles. The Morgan fingerprint density at radius 2 is 0.804 bits per heavy atom. The number of aryl methyl sites for hydroxylation is 4. The first kappa shape index (κ1) is 31.8. The Labute approximate surface area is 275 Å². The zero-order chi connectivity index (χ0) is 32.5. The van der Waals surface area contributed by atoms with Gasteiger partial charge in [0.15, 0.2) is 0 Å². The molecule has 6 rings (SSSR count). The highest BCUT2D eigenvalue weighted by atomic mass is 14.8. The monoisotopic (exact) mass is 610 g/mol. The van der Waals surface area contributed by atoms with E-state index in [1.165, 1.54) is 72.2 Å². The lowest BCUT2D eigenvalue weighted by molar-refractivity contribution is 1.07. The Morgan fingerprint density at radius 3 is 1.15 bits per heavy atom. The predicted molar refractivity (Wildman–Crippen MR) is 199 cm³/mol. The minimum Gasteiger partial charge on any atom is -0.355 e. The number of hydrogen-bond donors (Lipinski definition) is 2. The first-order valence-corrected chi connectivity index (χ1v) is 17.8. The van der Waals surface area contributed by atoms with E-state index in [2.05, 4.69) is 114 Å². The summed E-state index contributed by atoms with van der Waals surface area (Å²) in [6.07, 6.45) is 7.62. The molecule has 0 aliphatic carbocycles. The molecule has 5 heterocycles. The molecule has 2 aliphatic rings. The van der Waals surface area contributed by atoms with Gasteiger partial charge in [0.05, 0.1) is 22.8 Å². The standard InChI is InChI=1S/C42H50N4/c1-9-26-28(11-3)36-23-38-30(13-5)32(15-7)41(45-38)40(25-20-18-17-19-21-25)42-33(16-8)31(14-6)39(46-42)24-37-29(12-4)27(10-2)35(44-37)22-34(26)43-36/h17-24,43-44H,9-16H2,1-8H3. The molecule has 0 unspecified atom stereocenters. The molecule has 0 fully saturated rings. The second kappa shape index (κ2) is 13.3. The van der Waals surface area contributed by atoms with Crippen molar-refractivity contribution in [3.8, 4) is 11.1 Å². The van der Waals surface area contributed by atoms with Crippen LogP contribution in [0.25, 0.3) is 55.5 Å². The van der Waals surface area contributed by atoms with Crippen molar-refractivity contribution in [2.24, 2.45) is 0 Å². The van der Waals surface area contributed by atoms with Gasteiger partial charge in [0.2, 0.25) is 0 Å². The molecule has 8 bridgehead atoms. The van der Waals surface area contributed by atoms with E-state index in [0.29, 0.717) is 0 Å². The van der Waals surface area contributed by atoms with Gasteiger partial charge in [0, 0.05) is 27.6 Å². The number of nitrogens with one attached hydrogen (secondary N) is 2. The summed E-state index contributed by atoms with van der Waals surface area (Å²) in [5.74, 6) is 0. The first-order valence-electron chi connectivity index (χ1n) is 17.8. The van der Waals surface area contributed by atoms with Crippen LogP contribution in [-0.2, 0) is 25.7 Å². The maximum atomic E-state index is 5.56. The van der Waals surface area contributed by atoms with Crippen molar-refractivity contribution in [1.82, 2.24) is 19.9 Å². The number of rotatable bonds is 9. The molecule has 0 atom stereocenters. The van der Waals surface area contributed by atoms with E-state index in [0.717, 1.165) is 79.7 Å². The maximum Gasteiger partial charge on any atom is 0.0772 e. The zero-order valence-electron chi connectivity index (χ0n) is 29.2. The molecule has 0 amide bonds. The molecular formula is C42H50N4. The maximum absolute atomic E-state index is 5.56.